The minimum absolute atomic E-state index is 0.197. The summed E-state index contributed by atoms with van der Waals surface area (Å²) in [7, 11) is 0. The average molecular weight is 317 g/mol. The van der Waals surface area contributed by atoms with Crippen LogP contribution in [0.15, 0.2) is 36.7 Å². The van der Waals surface area contributed by atoms with Gasteiger partial charge in [-0.25, -0.2) is 18.6 Å². The molecule has 23 heavy (non-hydrogen) atoms. The molecule has 0 saturated heterocycles. The molecule has 3 rings (SSSR count). The molecule has 0 bridgehead atoms. The highest BCUT2D eigenvalue weighted by Gasteiger charge is 2.25. The summed E-state index contributed by atoms with van der Waals surface area (Å²) in [4.78, 5) is 19.9. The highest BCUT2D eigenvalue weighted by atomic mass is 19.2. The number of hydrogen-bond acceptors (Lipinski definition) is 3. The van der Waals surface area contributed by atoms with E-state index < -0.39 is 23.6 Å². The van der Waals surface area contributed by atoms with Gasteiger partial charge in [-0.15, -0.1) is 0 Å². The van der Waals surface area contributed by atoms with E-state index >= 15 is 0 Å². The maximum absolute atomic E-state index is 13.6. The first kappa shape index (κ1) is 15.1. The molecule has 2 aromatic heterocycles. The SMILES string of the molecule is CCC(C(=O)O)n1c(-c2cccnc2)nc2cc(F)c(F)cc21. The molecule has 1 unspecified atom stereocenters. The summed E-state index contributed by atoms with van der Waals surface area (Å²) in [6.07, 6.45) is 3.37. The fraction of sp³-hybridized carbons (Fsp3) is 0.188. The van der Waals surface area contributed by atoms with Crippen LogP contribution in [0.1, 0.15) is 19.4 Å². The molecule has 2 heterocycles. The van der Waals surface area contributed by atoms with E-state index in [-0.39, 0.29) is 17.5 Å². The molecule has 0 radical (unpaired) electrons. The van der Waals surface area contributed by atoms with Gasteiger partial charge in [0.1, 0.15) is 11.9 Å². The van der Waals surface area contributed by atoms with Crippen molar-refractivity contribution in [2.75, 3.05) is 0 Å². The number of imidazole rings is 1. The average Bonchev–Trinajstić information content (AvgIpc) is 2.88. The maximum Gasteiger partial charge on any atom is 0.326 e. The Labute approximate surface area is 130 Å². The summed E-state index contributed by atoms with van der Waals surface area (Å²) in [6, 6.07) is 4.40. The number of rotatable bonds is 4. The number of pyridine rings is 1. The molecule has 0 fully saturated rings. The zero-order chi connectivity index (χ0) is 16.6. The Bertz CT molecular complexity index is 878. The van der Waals surface area contributed by atoms with Gasteiger partial charge in [-0.2, -0.15) is 0 Å². The van der Waals surface area contributed by atoms with Gasteiger partial charge in [-0.3, -0.25) is 4.98 Å². The lowest BCUT2D eigenvalue weighted by Gasteiger charge is -2.16. The number of aliphatic carboxylic acids is 1. The van der Waals surface area contributed by atoms with Crippen LogP contribution < -0.4 is 0 Å². The predicted molar refractivity (Wildman–Crippen MR) is 79.8 cm³/mol. The van der Waals surface area contributed by atoms with Crippen molar-refractivity contribution in [3.63, 3.8) is 0 Å². The van der Waals surface area contributed by atoms with Crippen molar-refractivity contribution >= 4 is 17.0 Å². The van der Waals surface area contributed by atoms with Crippen LogP contribution in [0, 0.1) is 11.6 Å². The molecule has 118 valence electrons. The summed E-state index contributed by atoms with van der Waals surface area (Å²) < 4.78 is 28.5. The van der Waals surface area contributed by atoms with Crippen molar-refractivity contribution in [2.45, 2.75) is 19.4 Å². The van der Waals surface area contributed by atoms with Crippen LogP contribution >= 0.6 is 0 Å². The van der Waals surface area contributed by atoms with Crippen LogP contribution in [0.25, 0.3) is 22.4 Å². The number of carboxylic acids is 1. The largest absolute Gasteiger partial charge is 0.480 e. The first-order valence-electron chi connectivity index (χ1n) is 7.03. The number of nitrogens with zero attached hydrogens (tertiary/aromatic N) is 3. The van der Waals surface area contributed by atoms with Crippen molar-refractivity contribution in [2.24, 2.45) is 0 Å². The highest BCUT2D eigenvalue weighted by Crippen LogP contribution is 2.30. The molecule has 0 aliphatic carbocycles. The molecule has 0 saturated carbocycles. The predicted octanol–water partition coefficient (Wildman–Crippen LogP) is 3.41. The first-order chi connectivity index (χ1) is 11.0. The van der Waals surface area contributed by atoms with Gasteiger partial charge in [0.2, 0.25) is 0 Å². The van der Waals surface area contributed by atoms with Crippen LogP contribution in [0.3, 0.4) is 0 Å². The Kier molecular flexibility index (Phi) is 3.77. The summed E-state index contributed by atoms with van der Waals surface area (Å²) in [5.41, 5.74) is 1.00. The molecule has 0 spiro atoms. The lowest BCUT2D eigenvalue weighted by atomic mass is 10.2. The molecular weight excluding hydrogens is 304 g/mol. The minimum atomic E-state index is -1.07. The Morgan fingerprint density at radius 2 is 2.09 bits per heavy atom. The molecule has 1 N–H and O–H groups in total. The third kappa shape index (κ3) is 2.54. The molecule has 5 nitrogen and oxygen atoms in total. The maximum atomic E-state index is 13.6. The molecule has 1 aromatic carbocycles. The number of halogens is 2. The topological polar surface area (TPSA) is 68.0 Å². The summed E-state index contributed by atoms with van der Waals surface area (Å²) in [5, 5.41) is 9.47. The van der Waals surface area contributed by atoms with Crippen molar-refractivity contribution in [1.29, 1.82) is 0 Å². The second kappa shape index (κ2) is 5.75. The summed E-state index contributed by atoms with van der Waals surface area (Å²) >= 11 is 0. The fourth-order valence-electron chi connectivity index (χ4n) is 2.57. The van der Waals surface area contributed by atoms with Gasteiger partial charge in [0.15, 0.2) is 11.6 Å². The number of hydrogen-bond donors (Lipinski definition) is 1. The van der Waals surface area contributed by atoms with E-state index in [1.54, 1.807) is 25.3 Å². The molecule has 0 amide bonds. The first-order valence-corrected chi connectivity index (χ1v) is 7.03. The van der Waals surface area contributed by atoms with E-state index in [9.17, 15) is 18.7 Å². The van der Waals surface area contributed by atoms with Crippen LogP contribution in [0.2, 0.25) is 0 Å². The van der Waals surface area contributed by atoms with E-state index in [1.807, 2.05) is 0 Å². The molecule has 0 aliphatic heterocycles. The molecule has 1 atom stereocenters. The van der Waals surface area contributed by atoms with Gasteiger partial charge in [-0.1, -0.05) is 6.92 Å². The van der Waals surface area contributed by atoms with Crippen LogP contribution in [0.5, 0.6) is 0 Å². The van der Waals surface area contributed by atoms with Gasteiger partial charge in [0.25, 0.3) is 0 Å². The number of aromatic nitrogens is 3. The van der Waals surface area contributed by atoms with E-state index in [0.29, 0.717) is 11.4 Å². The van der Waals surface area contributed by atoms with Crippen molar-refractivity contribution in [3.8, 4) is 11.4 Å². The van der Waals surface area contributed by atoms with Crippen LogP contribution in [0.4, 0.5) is 8.78 Å². The Morgan fingerprint density at radius 1 is 1.35 bits per heavy atom. The van der Waals surface area contributed by atoms with Gasteiger partial charge in [-0.05, 0) is 18.6 Å². The van der Waals surface area contributed by atoms with Crippen LogP contribution in [-0.2, 0) is 4.79 Å². The second-order valence-corrected chi connectivity index (χ2v) is 5.06. The lowest BCUT2D eigenvalue weighted by molar-refractivity contribution is -0.140. The van der Waals surface area contributed by atoms with E-state index in [1.165, 1.54) is 10.8 Å². The number of benzene rings is 1. The van der Waals surface area contributed by atoms with Crippen molar-refractivity contribution in [1.82, 2.24) is 14.5 Å². The zero-order valence-electron chi connectivity index (χ0n) is 12.2. The summed E-state index contributed by atoms with van der Waals surface area (Å²) in [6.45, 7) is 1.71. The van der Waals surface area contributed by atoms with Gasteiger partial charge >= 0.3 is 5.97 Å². The third-order valence-corrected chi connectivity index (χ3v) is 3.63. The fourth-order valence-corrected chi connectivity index (χ4v) is 2.57. The Hall–Kier alpha value is -2.83. The Balaban J connectivity index is 2.36. The number of carbonyl (C=O) groups is 1. The number of carboxylic acid groups (broad SMARTS) is 1. The van der Waals surface area contributed by atoms with E-state index in [4.69, 9.17) is 0 Å². The molecule has 3 aromatic rings. The highest BCUT2D eigenvalue weighted by molar-refractivity contribution is 5.84. The zero-order valence-corrected chi connectivity index (χ0v) is 12.2. The molecular formula is C16H13F2N3O2. The standard InChI is InChI=1S/C16H13F2N3O2/c1-2-13(16(22)23)21-14-7-11(18)10(17)6-12(14)20-15(21)9-4-3-5-19-8-9/h3-8,13H,2H2,1H3,(H,22,23). The normalized spacial score (nSPS) is 12.5. The van der Waals surface area contributed by atoms with Crippen molar-refractivity contribution < 1.29 is 18.7 Å². The van der Waals surface area contributed by atoms with Gasteiger partial charge in [0, 0.05) is 30.1 Å². The van der Waals surface area contributed by atoms with Gasteiger partial charge in [0.05, 0.1) is 11.0 Å². The summed E-state index contributed by atoms with van der Waals surface area (Å²) in [5.74, 6) is -2.83. The smallest absolute Gasteiger partial charge is 0.326 e. The molecule has 7 heteroatoms. The number of fused-ring (bicyclic) bond motifs is 1. The van der Waals surface area contributed by atoms with Crippen LogP contribution in [-0.4, -0.2) is 25.6 Å². The molecule has 0 aliphatic rings. The van der Waals surface area contributed by atoms with E-state index in [2.05, 4.69) is 9.97 Å². The third-order valence-electron chi connectivity index (χ3n) is 3.63. The monoisotopic (exact) mass is 317 g/mol. The minimum Gasteiger partial charge on any atom is -0.480 e. The Morgan fingerprint density at radius 3 is 2.70 bits per heavy atom. The van der Waals surface area contributed by atoms with E-state index in [0.717, 1.165) is 12.1 Å². The van der Waals surface area contributed by atoms with Gasteiger partial charge < -0.3 is 9.67 Å². The second-order valence-electron chi connectivity index (χ2n) is 5.06. The van der Waals surface area contributed by atoms with Crippen molar-refractivity contribution in [3.05, 3.63) is 48.3 Å². The lowest BCUT2D eigenvalue weighted by Crippen LogP contribution is -2.19. The quantitative estimate of drug-likeness (QED) is 0.800.